The molecule has 0 spiro atoms. The van der Waals surface area contributed by atoms with Crippen molar-refractivity contribution in [2.24, 2.45) is 0 Å². The first-order chi connectivity index (χ1) is 18.6. The number of rotatable bonds is 4. The van der Waals surface area contributed by atoms with Crippen LogP contribution in [0.15, 0.2) is 79.0 Å². The molecule has 0 saturated carbocycles. The van der Waals surface area contributed by atoms with Crippen molar-refractivity contribution in [2.75, 3.05) is 0 Å². The fraction of sp³-hybridized carbons (Fsp3) is 0.235. The van der Waals surface area contributed by atoms with Crippen LogP contribution in [0, 0.1) is 6.92 Å². The van der Waals surface area contributed by atoms with E-state index in [-0.39, 0.29) is 11.2 Å². The molecule has 0 saturated heterocycles. The summed E-state index contributed by atoms with van der Waals surface area (Å²) in [6.07, 6.45) is 1.98. The Kier molecular flexibility index (Phi) is 5.83. The van der Waals surface area contributed by atoms with Gasteiger partial charge in [-0.3, -0.25) is 4.57 Å². The fourth-order valence-electron chi connectivity index (χ4n) is 5.15. The number of benzene rings is 3. The van der Waals surface area contributed by atoms with E-state index in [0.717, 1.165) is 33.2 Å². The summed E-state index contributed by atoms with van der Waals surface area (Å²) in [5.74, 6) is 2.53. The summed E-state index contributed by atoms with van der Waals surface area (Å²) < 4.78 is 8.45. The highest BCUT2D eigenvalue weighted by molar-refractivity contribution is 6.09. The lowest BCUT2D eigenvalue weighted by Crippen LogP contribution is -2.11. The summed E-state index contributed by atoms with van der Waals surface area (Å²) in [5.41, 5.74) is 6.22. The van der Waals surface area contributed by atoms with Crippen LogP contribution in [0.4, 0.5) is 0 Å². The highest BCUT2D eigenvalue weighted by Gasteiger charge is 2.18. The third-order valence-electron chi connectivity index (χ3n) is 7.52. The van der Waals surface area contributed by atoms with Crippen molar-refractivity contribution < 1.29 is 9.84 Å². The molecule has 3 heterocycles. The molecule has 39 heavy (non-hydrogen) atoms. The van der Waals surface area contributed by atoms with Crippen LogP contribution >= 0.6 is 0 Å². The second-order valence-corrected chi connectivity index (χ2v) is 11.7. The molecule has 0 bridgehead atoms. The van der Waals surface area contributed by atoms with Crippen molar-refractivity contribution in [1.29, 1.82) is 0 Å². The van der Waals surface area contributed by atoms with E-state index < -0.39 is 0 Å². The Labute approximate surface area is 228 Å². The first kappa shape index (κ1) is 24.9. The monoisotopic (exact) mass is 515 g/mol. The van der Waals surface area contributed by atoms with Gasteiger partial charge in [-0.05, 0) is 77.4 Å². The molecule has 0 aliphatic heterocycles. The molecule has 196 valence electrons. The summed E-state index contributed by atoms with van der Waals surface area (Å²) >= 11 is 0. The molecule has 0 atom stereocenters. The molecule has 0 amide bonds. The fourth-order valence-corrected chi connectivity index (χ4v) is 5.15. The molecule has 0 fully saturated rings. The largest absolute Gasteiger partial charge is 0.506 e. The molecule has 5 heteroatoms. The molecule has 6 rings (SSSR count). The van der Waals surface area contributed by atoms with E-state index in [9.17, 15) is 5.11 Å². The highest BCUT2D eigenvalue weighted by Crippen LogP contribution is 2.37. The lowest BCUT2D eigenvalue weighted by Gasteiger charge is -2.19. The van der Waals surface area contributed by atoms with Crippen molar-refractivity contribution in [1.82, 2.24) is 14.5 Å². The van der Waals surface area contributed by atoms with Crippen molar-refractivity contribution in [2.45, 2.75) is 52.9 Å². The van der Waals surface area contributed by atoms with Gasteiger partial charge < -0.3 is 9.84 Å². The molecule has 0 aliphatic rings. The van der Waals surface area contributed by atoms with E-state index in [4.69, 9.17) is 9.72 Å². The van der Waals surface area contributed by atoms with Gasteiger partial charge in [0.25, 0.3) is 0 Å². The SMILES string of the molecule is Cc1ccc(O)c2nc(Oc3ccc4c5cc(C(C)C)ccc5n(-c5ccc(C(C)(C)C)cn5)c4c3)ccc12. The number of phenolic OH excluding ortho intramolecular Hbond substituents is 1. The Morgan fingerprint density at radius 1 is 0.821 bits per heavy atom. The van der Waals surface area contributed by atoms with Gasteiger partial charge in [0.2, 0.25) is 5.88 Å². The van der Waals surface area contributed by atoms with Gasteiger partial charge in [-0.1, -0.05) is 52.8 Å². The summed E-state index contributed by atoms with van der Waals surface area (Å²) in [6, 6.07) is 24.4. The van der Waals surface area contributed by atoms with Crippen molar-refractivity contribution in [3.63, 3.8) is 0 Å². The molecule has 5 nitrogen and oxygen atoms in total. The van der Waals surface area contributed by atoms with Gasteiger partial charge >= 0.3 is 0 Å². The smallest absolute Gasteiger partial charge is 0.219 e. The van der Waals surface area contributed by atoms with Gasteiger partial charge in [-0.25, -0.2) is 9.97 Å². The molecule has 1 N–H and O–H groups in total. The van der Waals surface area contributed by atoms with Gasteiger partial charge in [0.15, 0.2) is 0 Å². The summed E-state index contributed by atoms with van der Waals surface area (Å²) in [7, 11) is 0. The Balaban J connectivity index is 1.51. The number of pyridine rings is 2. The van der Waals surface area contributed by atoms with E-state index in [1.54, 1.807) is 6.07 Å². The second-order valence-electron chi connectivity index (χ2n) is 11.7. The Morgan fingerprint density at radius 3 is 2.33 bits per heavy atom. The van der Waals surface area contributed by atoms with Gasteiger partial charge in [0.1, 0.15) is 22.8 Å². The van der Waals surface area contributed by atoms with Crippen LogP contribution in [-0.4, -0.2) is 19.6 Å². The maximum atomic E-state index is 10.4. The predicted octanol–water partition coefficient (Wildman–Crippen LogP) is 8.95. The van der Waals surface area contributed by atoms with E-state index in [0.29, 0.717) is 23.1 Å². The normalized spacial score (nSPS) is 12.2. The van der Waals surface area contributed by atoms with E-state index in [1.807, 2.05) is 43.5 Å². The van der Waals surface area contributed by atoms with Gasteiger partial charge in [-0.15, -0.1) is 0 Å². The number of ether oxygens (including phenoxy) is 1. The molecule has 3 aromatic carbocycles. The molecule has 6 aromatic rings. The van der Waals surface area contributed by atoms with Crippen LogP contribution in [0.2, 0.25) is 0 Å². The number of phenols is 1. The van der Waals surface area contributed by atoms with Gasteiger partial charge in [-0.2, -0.15) is 0 Å². The second kappa shape index (κ2) is 9.12. The lowest BCUT2D eigenvalue weighted by molar-refractivity contribution is 0.460. The zero-order valence-corrected chi connectivity index (χ0v) is 23.3. The zero-order valence-electron chi connectivity index (χ0n) is 23.3. The quantitative estimate of drug-likeness (QED) is 0.254. The van der Waals surface area contributed by atoms with E-state index in [2.05, 4.69) is 80.6 Å². The van der Waals surface area contributed by atoms with Crippen molar-refractivity contribution in [3.05, 3.63) is 95.7 Å². The average Bonchev–Trinajstić information content (AvgIpc) is 3.23. The van der Waals surface area contributed by atoms with Crippen molar-refractivity contribution in [3.8, 4) is 23.2 Å². The number of aryl methyl sites for hydroxylation is 1. The Morgan fingerprint density at radius 2 is 1.62 bits per heavy atom. The molecule has 0 aliphatic carbocycles. The van der Waals surface area contributed by atoms with E-state index in [1.165, 1.54) is 16.5 Å². The molecular weight excluding hydrogens is 482 g/mol. The summed E-state index contributed by atoms with van der Waals surface area (Å²) in [5, 5.41) is 13.6. The van der Waals surface area contributed by atoms with Crippen LogP contribution in [0.1, 0.15) is 57.2 Å². The topological polar surface area (TPSA) is 60.2 Å². The summed E-state index contributed by atoms with van der Waals surface area (Å²) in [4.78, 5) is 9.50. The first-order valence-electron chi connectivity index (χ1n) is 13.4. The van der Waals surface area contributed by atoms with Crippen LogP contribution in [0.3, 0.4) is 0 Å². The van der Waals surface area contributed by atoms with Crippen LogP contribution in [-0.2, 0) is 5.41 Å². The van der Waals surface area contributed by atoms with E-state index >= 15 is 0 Å². The third-order valence-corrected chi connectivity index (χ3v) is 7.52. The first-order valence-corrected chi connectivity index (χ1v) is 13.4. The van der Waals surface area contributed by atoms with Crippen LogP contribution < -0.4 is 4.74 Å². The average molecular weight is 516 g/mol. The zero-order chi connectivity index (χ0) is 27.5. The maximum Gasteiger partial charge on any atom is 0.219 e. The lowest BCUT2D eigenvalue weighted by atomic mass is 9.88. The minimum atomic E-state index is 0.0271. The van der Waals surface area contributed by atoms with Crippen molar-refractivity contribution >= 4 is 32.7 Å². The number of nitrogens with zero attached hydrogens (tertiary/aromatic N) is 3. The third kappa shape index (κ3) is 4.38. The minimum Gasteiger partial charge on any atom is -0.506 e. The summed E-state index contributed by atoms with van der Waals surface area (Å²) in [6.45, 7) is 13.0. The van der Waals surface area contributed by atoms with Crippen LogP contribution in [0.5, 0.6) is 17.4 Å². The maximum absolute atomic E-state index is 10.4. The number of aromatic hydroxyl groups is 1. The van der Waals surface area contributed by atoms with Crippen LogP contribution in [0.25, 0.3) is 38.5 Å². The minimum absolute atomic E-state index is 0.0271. The number of hydrogen-bond donors (Lipinski definition) is 1. The molecule has 0 unspecified atom stereocenters. The Hall–Kier alpha value is -4.38. The predicted molar refractivity (Wildman–Crippen MR) is 160 cm³/mol. The number of hydrogen-bond acceptors (Lipinski definition) is 4. The number of fused-ring (bicyclic) bond motifs is 4. The standard InChI is InChI=1S/C34H33N3O2/c1-20(2)22-8-13-28-27(17-22)26-11-10-24(39-32-16-12-25-21(3)7-14-30(38)33(25)36-32)18-29(26)37(28)31-15-9-23(19-35-31)34(4,5)6/h7-20,38H,1-6H3. The molecule has 0 radical (unpaired) electrons. The molecular formula is C34H33N3O2. The van der Waals surface area contributed by atoms with Gasteiger partial charge in [0.05, 0.1) is 11.0 Å². The highest BCUT2D eigenvalue weighted by atomic mass is 16.5. The van der Waals surface area contributed by atoms with Gasteiger partial charge in [0, 0.05) is 34.5 Å². The Bertz CT molecular complexity index is 1860. The number of aromatic nitrogens is 3. The molecule has 3 aromatic heterocycles.